The highest BCUT2D eigenvalue weighted by Gasteiger charge is 2.19. The summed E-state index contributed by atoms with van der Waals surface area (Å²) in [5.41, 5.74) is 7.94. The monoisotopic (exact) mass is 288 g/mol. The Balaban J connectivity index is 2.21. The number of nitrogen functional groups attached to an aromatic ring is 1. The molecule has 20 heavy (non-hydrogen) atoms. The van der Waals surface area contributed by atoms with Crippen molar-refractivity contribution in [2.45, 2.75) is 0 Å². The summed E-state index contributed by atoms with van der Waals surface area (Å²) in [7, 11) is 0. The summed E-state index contributed by atoms with van der Waals surface area (Å²) in [6.45, 7) is 0. The van der Waals surface area contributed by atoms with Gasteiger partial charge in [-0.15, -0.1) is 0 Å². The SMILES string of the molecule is Nc1noc(-c2ccc(F)cc2Cl)c1-c1ccccc1. The van der Waals surface area contributed by atoms with Crippen LogP contribution < -0.4 is 5.73 Å². The molecule has 0 spiro atoms. The van der Waals surface area contributed by atoms with Gasteiger partial charge >= 0.3 is 0 Å². The molecule has 0 saturated carbocycles. The lowest BCUT2D eigenvalue weighted by Gasteiger charge is -2.04. The average molecular weight is 289 g/mol. The van der Waals surface area contributed by atoms with E-state index >= 15 is 0 Å². The Morgan fingerprint density at radius 3 is 2.55 bits per heavy atom. The van der Waals surface area contributed by atoms with Gasteiger partial charge < -0.3 is 10.3 Å². The fourth-order valence-corrected chi connectivity index (χ4v) is 2.30. The first-order chi connectivity index (χ1) is 9.66. The Hall–Kier alpha value is -2.33. The van der Waals surface area contributed by atoms with Crippen molar-refractivity contribution in [1.29, 1.82) is 0 Å². The van der Waals surface area contributed by atoms with Crippen LogP contribution in [-0.4, -0.2) is 5.16 Å². The lowest BCUT2D eigenvalue weighted by atomic mass is 10.0. The van der Waals surface area contributed by atoms with E-state index in [0.717, 1.165) is 5.56 Å². The van der Waals surface area contributed by atoms with Crippen LogP contribution in [0.25, 0.3) is 22.5 Å². The zero-order valence-corrected chi connectivity index (χ0v) is 11.1. The van der Waals surface area contributed by atoms with Crippen LogP contribution in [0.1, 0.15) is 0 Å². The number of nitrogens with two attached hydrogens (primary N) is 1. The van der Waals surface area contributed by atoms with Crippen LogP contribution in [0.2, 0.25) is 5.02 Å². The fraction of sp³-hybridized carbons (Fsp3) is 0. The minimum atomic E-state index is -0.410. The van der Waals surface area contributed by atoms with Crippen molar-refractivity contribution in [2.24, 2.45) is 0 Å². The van der Waals surface area contributed by atoms with Crippen molar-refractivity contribution in [3.05, 3.63) is 59.4 Å². The molecule has 0 fully saturated rings. The van der Waals surface area contributed by atoms with Crippen LogP contribution in [0.5, 0.6) is 0 Å². The second kappa shape index (κ2) is 4.98. The highest BCUT2D eigenvalue weighted by Crippen LogP contribution is 2.39. The predicted octanol–water partition coefficient (Wildman–Crippen LogP) is 4.38. The molecule has 2 aromatic carbocycles. The summed E-state index contributed by atoms with van der Waals surface area (Å²) in [4.78, 5) is 0. The van der Waals surface area contributed by atoms with Gasteiger partial charge in [-0.3, -0.25) is 0 Å². The second-order valence-corrected chi connectivity index (χ2v) is 4.67. The lowest BCUT2D eigenvalue weighted by molar-refractivity contribution is 0.436. The van der Waals surface area contributed by atoms with Crippen LogP contribution in [0.3, 0.4) is 0 Å². The average Bonchev–Trinajstić information content (AvgIpc) is 2.81. The fourth-order valence-electron chi connectivity index (χ4n) is 2.04. The minimum absolute atomic E-state index is 0.248. The molecule has 0 aliphatic heterocycles. The summed E-state index contributed by atoms with van der Waals surface area (Å²) >= 11 is 6.06. The van der Waals surface area contributed by atoms with Crippen molar-refractivity contribution >= 4 is 17.4 Å². The maximum absolute atomic E-state index is 13.1. The van der Waals surface area contributed by atoms with Gasteiger partial charge in [0, 0.05) is 5.56 Å². The molecule has 1 heterocycles. The Kier molecular flexibility index (Phi) is 3.16. The van der Waals surface area contributed by atoms with Crippen LogP contribution in [0.15, 0.2) is 53.1 Å². The van der Waals surface area contributed by atoms with E-state index in [1.165, 1.54) is 12.1 Å². The third-order valence-corrected chi connectivity index (χ3v) is 3.27. The van der Waals surface area contributed by atoms with Gasteiger partial charge in [0.05, 0.1) is 10.6 Å². The summed E-state index contributed by atoms with van der Waals surface area (Å²) in [6, 6.07) is 13.5. The quantitative estimate of drug-likeness (QED) is 0.761. The summed E-state index contributed by atoms with van der Waals surface area (Å²) in [5.74, 6) is 0.290. The first kappa shape index (κ1) is 12.7. The smallest absolute Gasteiger partial charge is 0.178 e. The zero-order chi connectivity index (χ0) is 14.1. The first-order valence-corrected chi connectivity index (χ1v) is 6.30. The molecule has 5 heteroatoms. The van der Waals surface area contributed by atoms with Crippen molar-refractivity contribution in [3.8, 4) is 22.5 Å². The molecule has 3 nitrogen and oxygen atoms in total. The molecule has 0 aliphatic rings. The van der Waals surface area contributed by atoms with Crippen LogP contribution in [-0.2, 0) is 0 Å². The Morgan fingerprint density at radius 1 is 1.10 bits per heavy atom. The van der Waals surface area contributed by atoms with Gasteiger partial charge in [0.2, 0.25) is 0 Å². The maximum Gasteiger partial charge on any atom is 0.178 e. The number of rotatable bonds is 2. The molecule has 0 saturated heterocycles. The molecule has 100 valence electrons. The molecular weight excluding hydrogens is 279 g/mol. The van der Waals surface area contributed by atoms with Gasteiger partial charge in [-0.05, 0) is 23.8 Å². The van der Waals surface area contributed by atoms with E-state index in [-0.39, 0.29) is 10.8 Å². The number of hydrogen-bond acceptors (Lipinski definition) is 3. The van der Waals surface area contributed by atoms with Crippen molar-refractivity contribution in [2.75, 3.05) is 5.73 Å². The predicted molar refractivity (Wildman–Crippen MR) is 76.8 cm³/mol. The number of nitrogens with zero attached hydrogens (tertiary/aromatic N) is 1. The van der Waals surface area contributed by atoms with Gasteiger partial charge in [0.25, 0.3) is 0 Å². The van der Waals surface area contributed by atoms with Crippen LogP contribution in [0.4, 0.5) is 10.2 Å². The van der Waals surface area contributed by atoms with Crippen molar-refractivity contribution in [1.82, 2.24) is 5.16 Å². The summed E-state index contributed by atoms with van der Waals surface area (Å²) in [6.07, 6.45) is 0. The Bertz CT molecular complexity index is 756. The van der Waals surface area contributed by atoms with E-state index in [1.54, 1.807) is 6.07 Å². The third kappa shape index (κ3) is 2.14. The number of benzene rings is 2. The van der Waals surface area contributed by atoms with E-state index < -0.39 is 5.82 Å². The third-order valence-electron chi connectivity index (χ3n) is 2.96. The lowest BCUT2D eigenvalue weighted by Crippen LogP contribution is -1.89. The van der Waals surface area contributed by atoms with Crippen molar-refractivity contribution < 1.29 is 8.91 Å². The second-order valence-electron chi connectivity index (χ2n) is 4.26. The number of anilines is 1. The standard InChI is InChI=1S/C15H10ClFN2O/c16-12-8-10(17)6-7-11(12)14-13(15(18)19-20-14)9-4-2-1-3-5-9/h1-8H,(H2,18,19). The maximum atomic E-state index is 13.1. The first-order valence-electron chi connectivity index (χ1n) is 5.93. The van der Waals surface area contributed by atoms with E-state index in [9.17, 15) is 4.39 Å². The van der Waals surface area contributed by atoms with Gasteiger partial charge in [-0.1, -0.05) is 47.1 Å². The molecule has 0 unspecified atom stereocenters. The minimum Gasteiger partial charge on any atom is -0.380 e. The molecule has 0 aliphatic carbocycles. The molecular formula is C15H10ClFN2O. The molecule has 1 aromatic heterocycles. The van der Waals surface area contributed by atoms with Crippen LogP contribution >= 0.6 is 11.6 Å². The normalized spacial score (nSPS) is 10.7. The molecule has 0 atom stereocenters. The van der Waals surface area contributed by atoms with Crippen molar-refractivity contribution in [3.63, 3.8) is 0 Å². The number of hydrogen-bond donors (Lipinski definition) is 1. The number of halogens is 2. The molecule has 3 rings (SSSR count). The molecule has 0 radical (unpaired) electrons. The molecule has 0 bridgehead atoms. The highest BCUT2D eigenvalue weighted by atomic mass is 35.5. The van der Waals surface area contributed by atoms with E-state index in [1.807, 2.05) is 30.3 Å². The van der Waals surface area contributed by atoms with Gasteiger partial charge in [0.15, 0.2) is 11.6 Å². The van der Waals surface area contributed by atoms with E-state index in [0.29, 0.717) is 16.9 Å². The molecule has 0 amide bonds. The van der Waals surface area contributed by atoms with Gasteiger partial charge in [0.1, 0.15) is 5.82 Å². The Morgan fingerprint density at radius 2 is 1.85 bits per heavy atom. The van der Waals surface area contributed by atoms with Crippen LogP contribution in [0, 0.1) is 5.82 Å². The molecule has 3 aromatic rings. The topological polar surface area (TPSA) is 52.0 Å². The molecule has 2 N–H and O–H groups in total. The Labute approximate surface area is 119 Å². The van der Waals surface area contributed by atoms with E-state index in [4.69, 9.17) is 21.9 Å². The number of aromatic nitrogens is 1. The summed E-state index contributed by atoms with van der Waals surface area (Å²) in [5, 5.41) is 4.03. The van der Waals surface area contributed by atoms with Gasteiger partial charge in [-0.25, -0.2) is 4.39 Å². The summed E-state index contributed by atoms with van der Waals surface area (Å²) < 4.78 is 18.4. The van der Waals surface area contributed by atoms with Gasteiger partial charge in [-0.2, -0.15) is 0 Å². The highest BCUT2D eigenvalue weighted by molar-refractivity contribution is 6.33. The zero-order valence-electron chi connectivity index (χ0n) is 10.3. The van der Waals surface area contributed by atoms with E-state index in [2.05, 4.69) is 5.16 Å². The largest absolute Gasteiger partial charge is 0.380 e.